The lowest BCUT2D eigenvalue weighted by molar-refractivity contribution is -0.289. The molecule has 0 saturated carbocycles. The molecule has 0 bridgehead atoms. The molecule has 1 aliphatic heterocycles. The van der Waals surface area contributed by atoms with E-state index < -0.39 is 17.7 Å². The molecule has 18 heavy (non-hydrogen) atoms. The molecule has 0 spiro atoms. The van der Waals surface area contributed by atoms with Gasteiger partial charge in [-0.1, -0.05) is 18.2 Å². The topological polar surface area (TPSA) is 3.24 Å². The Kier molecular flexibility index (Phi) is 3.21. The highest BCUT2D eigenvalue weighted by molar-refractivity contribution is 5.56. The smallest absolute Gasteiger partial charge is 0.371 e. The third-order valence-corrected chi connectivity index (χ3v) is 3.05. The van der Waals surface area contributed by atoms with Gasteiger partial charge in [-0.15, -0.1) is 0 Å². The van der Waals surface area contributed by atoms with E-state index in [0.29, 0.717) is 13.1 Å². The summed E-state index contributed by atoms with van der Waals surface area (Å²) in [5.74, 6) is -4.81. The van der Waals surface area contributed by atoms with Crippen LogP contribution in [0.5, 0.6) is 0 Å². The molecule has 1 fully saturated rings. The monoisotopic (exact) mass is 265 g/mol. The summed E-state index contributed by atoms with van der Waals surface area (Å²) in [6.07, 6.45) is -3.94. The fourth-order valence-electron chi connectivity index (χ4n) is 2.13. The zero-order valence-corrected chi connectivity index (χ0v) is 9.47. The summed E-state index contributed by atoms with van der Waals surface area (Å²) in [7, 11) is 0. The third kappa shape index (κ3) is 2.15. The quantitative estimate of drug-likeness (QED) is 0.732. The molecular formula is C12H12F5N. The van der Waals surface area contributed by atoms with Crippen molar-refractivity contribution < 1.29 is 22.0 Å². The van der Waals surface area contributed by atoms with Crippen molar-refractivity contribution in [2.45, 2.75) is 24.9 Å². The molecule has 0 amide bonds. The maximum atomic E-state index is 13.4. The second-order valence-corrected chi connectivity index (χ2v) is 4.28. The summed E-state index contributed by atoms with van der Waals surface area (Å²) < 4.78 is 64.1. The van der Waals surface area contributed by atoms with Crippen molar-refractivity contribution in [2.24, 2.45) is 0 Å². The molecule has 1 aliphatic rings. The lowest BCUT2D eigenvalue weighted by atomic mass is 10.0. The van der Waals surface area contributed by atoms with Crippen LogP contribution in [0.1, 0.15) is 18.4 Å². The minimum Gasteiger partial charge on any atom is -0.371 e. The van der Waals surface area contributed by atoms with Crippen molar-refractivity contribution in [2.75, 3.05) is 18.0 Å². The van der Waals surface area contributed by atoms with Crippen LogP contribution < -0.4 is 4.90 Å². The number of hydrogen-bond acceptors (Lipinski definition) is 1. The maximum absolute atomic E-state index is 13.4. The molecule has 0 atom stereocenters. The van der Waals surface area contributed by atoms with E-state index in [0.717, 1.165) is 18.9 Å². The van der Waals surface area contributed by atoms with E-state index in [9.17, 15) is 22.0 Å². The number of benzene rings is 1. The fraction of sp³-hybridized carbons (Fsp3) is 0.500. The van der Waals surface area contributed by atoms with Gasteiger partial charge in [0.1, 0.15) is 0 Å². The fourth-order valence-corrected chi connectivity index (χ4v) is 2.13. The van der Waals surface area contributed by atoms with Crippen molar-refractivity contribution in [3.05, 3.63) is 29.8 Å². The number of para-hydroxylation sites is 1. The molecule has 2 rings (SSSR count). The second kappa shape index (κ2) is 4.40. The van der Waals surface area contributed by atoms with Gasteiger partial charge in [-0.25, -0.2) is 0 Å². The summed E-state index contributed by atoms with van der Waals surface area (Å²) in [5.41, 5.74) is -0.975. The number of halogens is 5. The van der Waals surface area contributed by atoms with Crippen LogP contribution in [0.15, 0.2) is 24.3 Å². The van der Waals surface area contributed by atoms with Crippen molar-refractivity contribution >= 4 is 5.69 Å². The van der Waals surface area contributed by atoms with Gasteiger partial charge in [0.05, 0.1) is 5.56 Å². The van der Waals surface area contributed by atoms with Crippen LogP contribution in [0.3, 0.4) is 0 Å². The van der Waals surface area contributed by atoms with Gasteiger partial charge < -0.3 is 4.90 Å². The zero-order valence-electron chi connectivity index (χ0n) is 9.47. The predicted molar refractivity (Wildman–Crippen MR) is 57.8 cm³/mol. The lowest BCUT2D eigenvalue weighted by Crippen LogP contribution is -2.35. The first kappa shape index (κ1) is 13.1. The molecule has 6 heteroatoms. The van der Waals surface area contributed by atoms with Crippen LogP contribution in [0.25, 0.3) is 0 Å². The molecule has 1 saturated heterocycles. The molecule has 1 heterocycles. The van der Waals surface area contributed by atoms with Crippen molar-refractivity contribution in [1.29, 1.82) is 0 Å². The van der Waals surface area contributed by atoms with Crippen molar-refractivity contribution in [3.8, 4) is 0 Å². The molecule has 0 aromatic heterocycles. The number of rotatable bonds is 2. The predicted octanol–water partition coefficient (Wildman–Crippen LogP) is 3.94. The van der Waals surface area contributed by atoms with E-state index in [4.69, 9.17) is 0 Å². The van der Waals surface area contributed by atoms with Crippen LogP contribution in [0.4, 0.5) is 27.6 Å². The summed E-state index contributed by atoms with van der Waals surface area (Å²) >= 11 is 0. The summed E-state index contributed by atoms with van der Waals surface area (Å²) in [6.45, 7) is 1.04. The van der Waals surface area contributed by atoms with Gasteiger partial charge in [0.2, 0.25) is 0 Å². The zero-order chi connectivity index (χ0) is 13.4. The highest BCUT2D eigenvalue weighted by atomic mass is 19.4. The number of anilines is 1. The molecule has 1 aromatic carbocycles. The van der Waals surface area contributed by atoms with Crippen LogP contribution in [-0.2, 0) is 5.92 Å². The summed E-state index contributed by atoms with van der Waals surface area (Å²) in [6, 6.07) is 4.85. The third-order valence-electron chi connectivity index (χ3n) is 3.05. The Hall–Kier alpha value is -1.33. The van der Waals surface area contributed by atoms with E-state index in [2.05, 4.69) is 0 Å². The molecule has 0 N–H and O–H groups in total. The highest BCUT2D eigenvalue weighted by Crippen LogP contribution is 2.47. The van der Waals surface area contributed by atoms with Gasteiger partial charge in [0, 0.05) is 18.8 Å². The Morgan fingerprint density at radius 1 is 0.889 bits per heavy atom. The summed E-state index contributed by atoms with van der Waals surface area (Å²) in [5, 5.41) is 0. The molecule has 0 radical (unpaired) electrons. The molecule has 1 nitrogen and oxygen atoms in total. The molecule has 1 aromatic rings. The highest BCUT2D eigenvalue weighted by Gasteiger charge is 2.59. The minimum atomic E-state index is -5.57. The van der Waals surface area contributed by atoms with Gasteiger partial charge in [0.15, 0.2) is 0 Å². The lowest BCUT2D eigenvalue weighted by Gasteiger charge is -2.27. The van der Waals surface area contributed by atoms with Crippen LogP contribution >= 0.6 is 0 Å². The largest absolute Gasteiger partial charge is 0.458 e. The molecular weight excluding hydrogens is 253 g/mol. The first-order valence-corrected chi connectivity index (χ1v) is 5.63. The van der Waals surface area contributed by atoms with Crippen LogP contribution in [0.2, 0.25) is 0 Å². The first-order valence-electron chi connectivity index (χ1n) is 5.63. The number of hydrogen-bond donors (Lipinski definition) is 0. The number of alkyl halides is 5. The Balaban J connectivity index is 2.44. The Morgan fingerprint density at radius 3 is 2.00 bits per heavy atom. The Morgan fingerprint density at radius 2 is 1.44 bits per heavy atom. The van der Waals surface area contributed by atoms with Gasteiger partial charge >= 0.3 is 12.1 Å². The average molecular weight is 265 g/mol. The van der Waals surface area contributed by atoms with Gasteiger partial charge in [0.25, 0.3) is 0 Å². The molecule has 0 aliphatic carbocycles. The van der Waals surface area contributed by atoms with Crippen LogP contribution in [-0.4, -0.2) is 19.3 Å². The van der Waals surface area contributed by atoms with E-state index in [1.165, 1.54) is 18.2 Å². The van der Waals surface area contributed by atoms with E-state index in [-0.39, 0.29) is 5.69 Å². The number of nitrogens with zero attached hydrogens (tertiary/aromatic N) is 1. The van der Waals surface area contributed by atoms with E-state index in [1.807, 2.05) is 0 Å². The molecule has 0 unspecified atom stereocenters. The van der Waals surface area contributed by atoms with E-state index >= 15 is 0 Å². The maximum Gasteiger partial charge on any atom is 0.458 e. The van der Waals surface area contributed by atoms with Gasteiger partial charge in [-0.05, 0) is 18.9 Å². The SMILES string of the molecule is FC(F)(F)C(F)(F)c1ccccc1N1CCCC1. The average Bonchev–Trinajstić information content (AvgIpc) is 2.81. The van der Waals surface area contributed by atoms with Crippen molar-refractivity contribution in [3.63, 3.8) is 0 Å². The second-order valence-electron chi connectivity index (χ2n) is 4.28. The Labute approximate surface area is 101 Å². The van der Waals surface area contributed by atoms with Crippen LogP contribution in [0, 0.1) is 0 Å². The summed E-state index contributed by atoms with van der Waals surface area (Å²) in [4.78, 5) is 1.58. The van der Waals surface area contributed by atoms with Crippen molar-refractivity contribution in [1.82, 2.24) is 0 Å². The van der Waals surface area contributed by atoms with Gasteiger partial charge in [-0.2, -0.15) is 22.0 Å². The molecule has 100 valence electrons. The minimum absolute atomic E-state index is 0.0164. The first-order chi connectivity index (χ1) is 8.34. The van der Waals surface area contributed by atoms with E-state index in [1.54, 1.807) is 4.90 Å². The Bertz CT molecular complexity index is 421. The normalized spacial score (nSPS) is 17.3. The van der Waals surface area contributed by atoms with Gasteiger partial charge in [-0.3, -0.25) is 0 Å². The standard InChI is InChI=1S/C12H12F5N/c13-11(14,12(15,16)17)9-5-1-2-6-10(9)18-7-3-4-8-18/h1-2,5-6H,3-4,7-8H2.